The molecule has 1 unspecified atom stereocenters. The van der Waals surface area contributed by atoms with Gasteiger partial charge in [-0.2, -0.15) is 0 Å². The zero-order chi connectivity index (χ0) is 15.0. The highest BCUT2D eigenvalue weighted by Gasteiger charge is 2.13. The number of amides is 1. The molecule has 1 aromatic carbocycles. The Morgan fingerprint density at radius 1 is 1.25 bits per heavy atom. The molecular weight excluding hydrogens is 256 g/mol. The van der Waals surface area contributed by atoms with E-state index in [1.165, 1.54) is 0 Å². The molecule has 20 heavy (non-hydrogen) atoms. The maximum Gasteiger partial charge on any atom is 0.253 e. The van der Waals surface area contributed by atoms with Crippen molar-refractivity contribution in [2.45, 2.75) is 39.5 Å². The summed E-state index contributed by atoms with van der Waals surface area (Å²) >= 11 is 0. The van der Waals surface area contributed by atoms with Crippen LogP contribution in [0.5, 0.6) is 0 Å². The van der Waals surface area contributed by atoms with Gasteiger partial charge in [0.05, 0.1) is 19.3 Å². The Balaban J connectivity index is 2.37. The van der Waals surface area contributed by atoms with Gasteiger partial charge in [-0.15, -0.1) is 0 Å². The van der Waals surface area contributed by atoms with E-state index in [2.05, 4.69) is 5.32 Å². The van der Waals surface area contributed by atoms with Crippen molar-refractivity contribution in [1.82, 2.24) is 0 Å². The monoisotopic (exact) mass is 280 g/mol. The van der Waals surface area contributed by atoms with E-state index in [9.17, 15) is 4.79 Å². The first kappa shape index (κ1) is 16.6. The van der Waals surface area contributed by atoms with E-state index in [4.69, 9.17) is 15.2 Å². The molecule has 0 saturated carbocycles. The van der Waals surface area contributed by atoms with Gasteiger partial charge in [-0.25, -0.2) is 0 Å². The number of anilines is 1. The quantitative estimate of drug-likeness (QED) is 0.713. The standard InChI is InChI=1S/C15H24N2O3/c1-11(2)19-7-8-20-12(3)15(18)17-14-6-4-5-13(9-14)10-16/h4-6,9,11-12H,7-8,10,16H2,1-3H3,(H,17,18). The molecular formula is C15H24N2O3. The molecule has 0 aliphatic heterocycles. The Labute approximate surface area is 120 Å². The number of ether oxygens (including phenoxy) is 2. The first-order chi connectivity index (χ1) is 9.52. The molecule has 0 saturated heterocycles. The molecule has 0 aliphatic rings. The van der Waals surface area contributed by atoms with E-state index in [1.807, 2.05) is 38.1 Å². The molecule has 1 atom stereocenters. The van der Waals surface area contributed by atoms with E-state index < -0.39 is 6.10 Å². The Bertz CT molecular complexity index is 421. The van der Waals surface area contributed by atoms with Crippen molar-refractivity contribution in [3.63, 3.8) is 0 Å². The van der Waals surface area contributed by atoms with Gasteiger partial charge in [0.1, 0.15) is 6.10 Å². The first-order valence-corrected chi connectivity index (χ1v) is 6.86. The van der Waals surface area contributed by atoms with Crippen LogP contribution in [0.25, 0.3) is 0 Å². The van der Waals surface area contributed by atoms with Gasteiger partial charge in [0.15, 0.2) is 0 Å². The van der Waals surface area contributed by atoms with Crippen LogP contribution in [-0.2, 0) is 20.8 Å². The van der Waals surface area contributed by atoms with Gasteiger partial charge in [-0.3, -0.25) is 4.79 Å². The lowest BCUT2D eigenvalue weighted by Gasteiger charge is -2.14. The average molecular weight is 280 g/mol. The van der Waals surface area contributed by atoms with Crippen molar-refractivity contribution in [3.05, 3.63) is 29.8 Å². The highest BCUT2D eigenvalue weighted by atomic mass is 16.5. The van der Waals surface area contributed by atoms with E-state index in [0.29, 0.717) is 19.8 Å². The van der Waals surface area contributed by atoms with Crippen LogP contribution in [-0.4, -0.2) is 31.3 Å². The summed E-state index contributed by atoms with van der Waals surface area (Å²) in [4.78, 5) is 11.9. The molecule has 1 aromatic rings. The Hall–Kier alpha value is -1.43. The fourth-order valence-electron chi connectivity index (χ4n) is 1.60. The molecule has 0 heterocycles. The molecule has 1 amide bonds. The molecule has 0 fully saturated rings. The van der Waals surface area contributed by atoms with Crippen molar-refractivity contribution in [2.75, 3.05) is 18.5 Å². The summed E-state index contributed by atoms with van der Waals surface area (Å²) in [6, 6.07) is 7.46. The Morgan fingerprint density at radius 2 is 1.95 bits per heavy atom. The van der Waals surface area contributed by atoms with Crippen LogP contribution in [0.1, 0.15) is 26.3 Å². The van der Waals surface area contributed by atoms with Gasteiger partial charge in [-0.1, -0.05) is 12.1 Å². The molecule has 5 heteroatoms. The largest absolute Gasteiger partial charge is 0.376 e. The number of hydrogen-bond donors (Lipinski definition) is 2. The third-order valence-corrected chi connectivity index (χ3v) is 2.70. The minimum atomic E-state index is -0.521. The normalized spacial score (nSPS) is 12.4. The summed E-state index contributed by atoms with van der Waals surface area (Å²) in [5.74, 6) is -0.177. The SMILES string of the molecule is CC(C)OCCOC(C)C(=O)Nc1cccc(CN)c1. The minimum Gasteiger partial charge on any atom is -0.376 e. The predicted octanol–water partition coefficient (Wildman–Crippen LogP) is 1.91. The van der Waals surface area contributed by atoms with Gasteiger partial charge in [0.25, 0.3) is 5.91 Å². The summed E-state index contributed by atoms with van der Waals surface area (Å²) < 4.78 is 10.8. The van der Waals surface area contributed by atoms with Gasteiger partial charge in [0, 0.05) is 12.2 Å². The zero-order valence-electron chi connectivity index (χ0n) is 12.4. The first-order valence-electron chi connectivity index (χ1n) is 6.86. The van der Waals surface area contributed by atoms with Crippen LogP contribution in [0.2, 0.25) is 0 Å². The lowest BCUT2D eigenvalue weighted by Crippen LogP contribution is -2.29. The highest BCUT2D eigenvalue weighted by molar-refractivity contribution is 5.93. The summed E-state index contributed by atoms with van der Waals surface area (Å²) in [6.07, 6.45) is -0.353. The summed E-state index contributed by atoms with van der Waals surface area (Å²) in [7, 11) is 0. The van der Waals surface area contributed by atoms with Crippen LogP contribution >= 0.6 is 0 Å². The fourth-order valence-corrected chi connectivity index (χ4v) is 1.60. The second kappa shape index (κ2) is 8.68. The lowest BCUT2D eigenvalue weighted by molar-refractivity contribution is -0.127. The number of hydrogen-bond acceptors (Lipinski definition) is 4. The molecule has 0 aliphatic carbocycles. The Kier molecular flexibility index (Phi) is 7.22. The van der Waals surface area contributed by atoms with E-state index in [0.717, 1.165) is 11.3 Å². The van der Waals surface area contributed by atoms with E-state index >= 15 is 0 Å². The Morgan fingerprint density at radius 3 is 2.60 bits per heavy atom. The zero-order valence-corrected chi connectivity index (χ0v) is 12.4. The third-order valence-electron chi connectivity index (χ3n) is 2.70. The second-order valence-corrected chi connectivity index (χ2v) is 4.83. The smallest absolute Gasteiger partial charge is 0.253 e. The minimum absolute atomic E-state index is 0.168. The van der Waals surface area contributed by atoms with Crippen LogP contribution in [0.4, 0.5) is 5.69 Å². The molecule has 0 bridgehead atoms. The topological polar surface area (TPSA) is 73.6 Å². The molecule has 112 valence electrons. The molecule has 1 rings (SSSR count). The maximum atomic E-state index is 11.9. The van der Waals surface area contributed by atoms with Crippen molar-refractivity contribution in [1.29, 1.82) is 0 Å². The van der Waals surface area contributed by atoms with E-state index in [1.54, 1.807) is 6.92 Å². The number of nitrogens with one attached hydrogen (secondary N) is 1. The predicted molar refractivity (Wildman–Crippen MR) is 79.5 cm³/mol. The van der Waals surface area contributed by atoms with Gasteiger partial charge < -0.3 is 20.5 Å². The molecule has 0 spiro atoms. The second-order valence-electron chi connectivity index (χ2n) is 4.83. The fraction of sp³-hybridized carbons (Fsp3) is 0.533. The van der Waals surface area contributed by atoms with Crippen molar-refractivity contribution in [3.8, 4) is 0 Å². The summed E-state index contributed by atoms with van der Waals surface area (Å²) in [5, 5.41) is 2.81. The average Bonchev–Trinajstić information content (AvgIpc) is 2.43. The van der Waals surface area contributed by atoms with Crippen LogP contribution in [0, 0.1) is 0 Å². The molecule has 5 nitrogen and oxygen atoms in total. The molecule has 0 radical (unpaired) electrons. The van der Waals surface area contributed by atoms with Crippen molar-refractivity contribution < 1.29 is 14.3 Å². The summed E-state index contributed by atoms with van der Waals surface area (Å²) in [5.41, 5.74) is 7.27. The van der Waals surface area contributed by atoms with Gasteiger partial charge in [0.2, 0.25) is 0 Å². The van der Waals surface area contributed by atoms with Crippen molar-refractivity contribution in [2.24, 2.45) is 5.73 Å². The van der Waals surface area contributed by atoms with Crippen LogP contribution in [0.15, 0.2) is 24.3 Å². The van der Waals surface area contributed by atoms with Crippen molar-refractivity contribution >= 4 is 11.6 Å². The number of nitrogens with two attached hydrogens (primary N) is 1. The third kappa shape index (κ3) is 6.14. The molecule has 0 aromatic heterocycles. The lowest BCUT2D eigenvalue weighted by atomic mass is 10.2. The molecule has 3 N–H and O–H groups in total. The van der Waals surface area contributed by atoms with Gasteiger partial charge in [-0.05, 0) is 38.5 Å². The van der Waals surface area contributed by atoms with E-state index in [-0.39, 0.29) is 12.0 Å². The van der Waals surface area contributed by atoms with Crippen LogP contribution in [0.3, 0.4) is 0 Å². The number of carbonyl (C=O) groups excluding carboxylic acids is 1. The highest BCUT2D eigenvalue weighted by Crippen LogP contribution is 2.11. The number of benzene rings is 1. The number of carbonyl (C=O) groups is 1. The summed E-state index contributed by atoms with van der Waals surface area (Å²) in [6.45, 7) is 6.97. The maximum absolute atomic E-state index is 11.9. The van der Waals surface area contributed by atoms with Crippen LogP contribution < -0.4 is 11.1 Å². The number of rotatable bonds is 8. The van der Waals surface area contributed by atoms with Gasteiger partial charge >= 0.3 is 0 Å².